The summed E-state index contributed by atoms with van der Waals surface area (Å²) in [5, 5.41) is 0. The summed E-state index contributed by atoms with van der Waals surface area (Å²) in [7, 11) is 1.74. The van der Waals surface area contributed by atoms with Crippen LogP contribution in [-0.2, 0) is 16.1 Å². The Labute approximate surface area is 171 Å². The number of rotatable bonds is 7. The number of aromatic nitrogens is 1. The van der Waals surface area contributed by atoms with Crippen molar-refractivity contribution in [3.63, 3.8) is 0 Å². The van der Waals surface area contributed by atoms with E-state index in [1.165, 1.54) is 0 Å². The normalized spacial score (nSPS) is 21.7. The lowest BCUT2D eigenvalue weighted by atomic mass is 10.0. The van der Waals surface area contributed by atoms with Crippen LogP contribution in [0.1, 0.15) is 24.8 Å². The topological polar surface area (TPSA) is 70.5 Å². The summed E-state index contributed by atoms with van der Waals surface area (Å²) < 4.78 is 17.2. The number of hydrogen-bond donors (Lipinski definition) is 1. The fraction of sp³-hybridized carbons (Fsp3) is 0.409. The van der Waals surface area contributed by atoms with Crippen molar-refractivity contribution in [1.82, 2.24) is 4.98 Å². The van der Waals surface area contributed by atoms with Gasteiger partial charge >= 0.3 is 0 Å². The molecular formula is C22H27ClN2O3. The van der Waals surface area contributed by atoms with E-state index >= 15 is 0 Å². The van der Waals surface area contributed by atoms with Gasteiger partial charge in [-0.2, -0.15) is 0 Å². The van der Waals surface area contributed by atoms with Gasteiger partial charge in [-0.1, -0.05) is 24.3 Å². The Morgan fingerprint density at radius 3 is 2.64 bits per heavy atom. The largest absolute Gasteiger partial charge is 0.436 e. The molecule has 1 aliphatic rings. The number of halogens is 1. The van der Waals surface area contributed by atoms with Gasteiger partial charge in [-0.05, 0) is 55.0 Å². The van der Waals surface area contributed by atoms with Gasteiger partial charge in [0.15, 0.2) is 5.58 Å². The third-order valence-corrected chi connectivity index (χ3v) is 5.39. The summed E-state index contributed by atoms with van der Waals surface area (Å²) in [6.07, 6.45) is 3.25. The highest BCUT2D eigenvalue weighted by Gasteiger charge is 2.34. The Bertz CT molecular complexity index is 848. The van der Waals surface area contributed by atoms with E-state index in [-0.39, 0.29) is 24.6 Å². The van der Waals surface area contributed by atoms with Crippen LogP contribution in [0, 0.1) is 5.92 Å². The molecule has 5 nitrogen and oxygen atoms in total. The van der Waals surface area contributed by atoms with E-state index < -0.39 is 0 Å². The molecule has 1 fully saturated rings. The first-order chi connectivity index (χ1) is 13.2. The predicted octanol–water partition coefficient (Wildman–Crippen LogP) is 4.58. The molecular weight excluding hydrogens is 376 g/mol. The lowest BCUT2D eigenvalue weighted by molar-refractivity contribution is -0.000970. The van der Waals surface area contributed by atoms with Gasteiger partial charge in [-0.15, -0.1) is 12.4 Å². The monoisotopic (exact) mass is 402 g/mol. The second-order valence-corrected chi connectivity index (χ2v) is 7.24. The van der Waals surface area contributed by atoms with E-state index in [4.69, 9.17) is 19.6 Å². The summed E-state index contributed by atoms with van der Waals surface area (Å²) in [6, 6.07) is 16.1. The van der Waals surface area contributed by atoms with Crippen LogP contribution in [0.4, 0.5) is 0 Å². The van der Waals surface area contributed by atoms with Crippen LogP contribution in [-0.4, -0.2) is 30.8 Å². The first-order valence-corrected chi connectivity index (χ1v) is 9.55. The minimum Gasteiger partial charge on any atom is -0.436 e. The minimum absolute atomic E-state index is 0. The minimum atomic E-state index is 0. The van der Waals surface area contributed by atoms with E-state index in [0.29, 0.717) is 18.4 Å². The molecule has 0 bridgehead atoms. The molecule has 1 saturated carbocycles. The van der Waals surface area contributed by atoms with Gasteiger partial charge in [0.1, 0.15) is 5.52 Å². The van der Waals surface area contributed by atoms with Gasteiger partial charge in [-0.3, -0.25) is 0 Å². The number of nitrogens with zero attached hydrogens (tertiary/aromatic N) is 1. The van der Waals surface area contributed by atoms with Crippen molar-refractivity contribution >= 4 is 23.5 Å². The molecule has 0 radical (unpaired) electrons. The maximum absolute atomic E-state index is 6.26. The van der Waals surface area contributed by atoms with Gasteiger partial charge < -0.3 is 19.6 Å². The molecule has 2 aromatic carbocycles. The zero-order valence-electron chi connectivity index (χ0n) is 16.0. The Morgan fingerprint density at radius 2 is 1.89 bits per heavy atom. The molecule has 6 heteroatoms. The quantitative estimate of drug-likeness (QED) is 0.626. The number of ether oxygens (including phenoxy) is 2. The molecule has 0 amide bonds. The summed E-state index contributed by atoms with van der Waals surface area (Å²) in [5.74, 6) is 1.13. The highest BCUT2D eigenvalue weighted by Crippen LogP contribution is 2.31. The SMILES string of the molecule is COCC[C@@H]1CC[C@@H](N)[C@H]1OCc1ccc(-c2nc3ccccc3o2)cc1.Cl. The van der Waals surface area contributed by atoms with Crippen molar-refractivity contribution in [1.29, 1.82) is 0 Å². The van der Waals surface area contributed by atoms with Crippen molar-refractivity contribution in [2.75, 3.05) is 13.7 Å². The number of fused-ring (bicyclic) bond motifs is 1. The fourth-order valence-electron chi connectivity index (χ4n) is 3.85. The molecule has 150 valence electrons. The van der Waals surface area contributed by atoms with Crippen LogP contribution in [0.3, 0.4) is 0 Å². The maximum atomic E-state index is 6.26. The van der Waals surface area contributed by atoms with Crippen molar-refractivity contribution in [2.24, 2.45) is 11.7 Å². The third kappa shape index (κ3) is 4.55. The van der Waals surface area contributed by atoms with Gasteiger partial charge in [-0.25, -0.2) is 4.98 Å². The van der Waals surface area contributed by atoms with Crippen molar-refractivity contribution in [3.05, 3.63) is 54.1 Å². The lowest BCUT2D eigenvalue weighted by Crippen LogP contribution is -2.35. The highest BCUT2D eigenvalue weighted by atomic mass is 35.5. The van der Waals surface area contributed by atoms with Gasteiger partial charge in [0, 0.05) is 25.3 Å². The molecule has 1 aliphatic carbocycles. The molecule has 1 heterocycles. The fourth-order valence-corrected chi connectivity index (χ4v) is 3.85. The maximum Gasteiger partial charge on any atom is 0.227 e. The first-order valence-electron chi connectivity index (χ1n) is 9.55. The van der Waals surface area contributed by atoms with Gasteiger partial charge in [0.25, 0.3) is 0 Å². The van der Waals surface area contributed by atoms with Crippen LogP contribution in [0.15, 0.2) is 52.9 Å². The van der Waals surface area contributed by atoms with E-state index in [1.807, 2.05) is 36.4 Å². The Kier molecular flexibility index (Phi) is 7.08. The number of para-hydroxylation sites is 2. The van der Waals surface area contributed by atoms with E-state index in [2.05, 4.69) is 17.1 Å². The average molecular weight is 403 g/mol. The summed E-state index contributed by atoms with van der Waals surface area (Å²) >= 11 is 0. The molecule has 1 aromatic heterocycles. The third-order valence-electron chi connectivity index (χ3n) is 5.39. The van der Waals surface area contributed by atoms with Crippen LogP contribution < -0.4 is 5.73 Å². The molecule has 0 unspecified atom stereocenters. The molecule has 4 rings (SSSR count). The Morgan fingerprint density at radius 1 is 1.11 bits per heavy atom. The summed E-state index contributed by atoms with van der Waals surface area (Å²) in [4.78, 5) is 4.54. The van der Waals surface area contributed by atoms with Crippen LogP contribution in [0.25, 0.3) is 22.6 Å². The van der Waals surface area contributed by atoms with Crippen LogP contribution in [0.5, 0.6) is 0 Å². The number of hydrogen-bond acceptors (Lipinski definition) is 5. The van der Waals surface area contributed by atoms with E-state index in [9.17, 15) is 0 Å². The number of benzene rings is 2. The molecule has 28 heavy (non-hydrogen) atoms. The second-order valence-electron chi connectivity index (χ2n) is 7.24. The van der Waals surface area contributed by atoms with Gasteiger partial charge in [0.2, 0.25) is 5.89 Å². The molecule has 0 spiro atoms. The standard InChI is InChI=1S/C22H26N2O3.ClH/c1-25-13-12-16-10-11-18(23)21(16)26-14-15-6-8-17(9-7-15)22-24-19-4-2-3-5-20(19)27-22;/h2-9,16,18,21H,10-14,23H2,1H3;1H/t16-,18+,21-;/m0./s1. The lowest BCUT2D eigenvalue weighted by Gasteiger charge is -2.23. The summed E-state index contributed by atoms with van der Waals surface area (Å²) in [5.41, 5.74) is 10.0. The van der Waals surface area contributed by atoms with E-state index in [0.717, 1.165) is 48.1 Å². The predicted molar refractivity (Wildman–Crippen MR) is 112 cm³/mol. The number of methoxy groups -OCH3 is 1. The van der Waals surface area contributed by atoms with E-state index in [1.54, 1.807) is 7.11 Å². The zero-order valence-corrected chi connectivity index (χ0v) is 16.9. The van der Waals surface area contributed by atoms with Crippen LogP contribution in [0.2, 0.25) is 0 Å². The van der Waals surface area contributed by atoms with Crippen molar-refractivity contribution in [2.45, 2.75) is 38.0 Å². The summed E-state index contributed by atoms with van der Waals surface area (Å²) in [6.45, 7) is 1.33. The smallest absolute Gasteiger partial charge is 0.227 e. The number of oxazole rings is 1. The molecule has 0 saturated heterocycles. The highest BCUT2D eigenvalue weighted by molar-refractivity contribution is 5.85. The van der Waals surface area contributed by atoms with Crippen LogP contribution >= 0.6 is 12.4 Å². The Hall–Kier alpha value is -1.92. The average Bonchev–Trinajstić information content (AvgIpc) is 3.28. The molecule has 0 aliphatic heterocycles. The number of nitrogens with two attached hydrogens (primary N) is 1. The second kappa shape index (κ2) is 9.52. The molecule has 3 atom stereocenters. The Balaban J connectivity index is 0.00000225. The molecule has 2 N–H and O–H groups in total. The van der Waals surface area contributed by atoms with Crippen molar-refractivity contribution in [3.8, 4) is 11.5 Å². The first kappa shape index (κ1) is 20.8. The zero-order chi connectivity index (χ0) is 18.6. The van der Waals surface area contributed by atoms with Crippen molar-refractivity contribution < 1.29 is 13.9 Å². The van der Waals surface area contributed by atoms with Gasteiger partial charge in [0.05, 0.1) is 12.7 Å². The molecule has 3 aromatic rings.